The van der Waals surface area contributed by atoms with E-state index in [1.54, 1.807) is 15.3 Å². The second-order valence-electron chi connectivity index (χ2n) is 7.13. The molecule has 0 aliphatic carbocycles. The molecule has 0 radical (unpaired) electrons. The molecule has 148 valence electrons. The third-order valence-corrected chi connectivity index (χ3v) is 5.25. The molecular formula is C22H19N7O. The average Bonchev–Trinajstić information content (AvgIpc) is 3.11. The number of nitrogens with zero attached hydrogens (tertiary/aromatic N) is 6. The van der Waals surface area contributed by atoms with Crippen molar-refractivity contribution in [2.75, 3.05) is 5.73 Å². The van der Waals surface area contributed by atoms with Gasteiger partial charge in [-0.15, -0.1) is 0 Å². The van der Waals surface area contributed by atoms with Crippen molar-refractivity contribution in [3.63, 3.8) is 0 Å². The minimum absolute atomic E-state index is 0.129. The molecule has 8 nitrogen and oxygen atoms in total. The van der Waals surface area contributed by atoms with Crippen molar-refractivity contribution in [2.45, 2.75) is 19.9 Å². The second kappa shape index (κ2) is 6.77. The Balaban J connectivity index is 1.83. The first-order chi connectivity index (χ1) is 14.6. The zero-order valence-corrected chi connectivity index (χ0v) is 16.5. The molecule has 3 aromatic heterocycles. The molecule has 0 amide bonds. The van der Waals surface area contributed by atoms with E-state index in [9.17, 15) is 4.79 Å². The Morgan fingerprint density at radius 3 is 2.53 bits per heavy atom. The van der Waals surface area contributed by atoms with Crippen LogP contribution in [-0.2, 0) is 0 Å². The van der Waals surface area contributed by atoms with E-state index in [1.165, 1.54) is 6.33 Å². The van der Waals surface area contributed by atoms with E-state index in [1.807, 2.05) is 62.4 Å². The van der Waals surface area contributed by atoms with Gasteiger partial charge >= 0.3 is 0 Å². The van der Waals surface area contributed by atoms with Crippen molar-refractivity contribution in [3.8, 4) is 5.69 Å². The van der Waals surface area contributed by atoms with Crippen LogP contribution >= 0.6 is 0 Å². The molecule has 1 unspecified atom stereocenters. The Bertz CT molecular complexity index is 1450. The summed E-state index contributed by atoms with van der Waals surface area (Å²) < 4.78 is 3.39. The van der Waals surface area contributed by atoms with Crippen LogP contribution in [0.3, 0.4) is 0 Å². The summed E-state index contributed by atoms with van der Waals surface area (Å²) in [6.07, 6.45) is 1.42. The third kappa shape index (κ3) is 2.65. The summed E-state index contributed by atoms with van der Waals surface area (Å²) in [5.74, 6) is 0.939. The van der Waals surface area contributed by atoms with Gasteiger partial charge < -0.3 is 5.73 Å². The second-order valence-corrected chi connectivity index (χ2v) is 7.13. The first-order valence-corrected chi connectivity index (χ1v) is 9.58. The molecular weight excluding hydrogens is 378 g/mol. The number of para-hydroxylation sites is 2. The number of fused-ring (bicyclic) bond motifs is 2. The van der Waals surface area contributed by atoms with Crippen LogP contribution in [0.2, 0.25) is 0 Å². The van der Waals surface area contributed by atoms with E-state index in [2.05, 4.69) is 15.1 Å². The Morgan fingerprint density at radius 2 is 1.73 bits per heavy atom. The quantitative estimate of drug-likeness (QED) is 0.502. The topological polar surface area (TPSA) is 105 Å². The minimum atomic E-state index is -0.381. The molecule has 3 heterocycles. The molecule has 8 heteroatoms. The van der Waals surface area contributed by atoms with E-state index < -0.39 is 0 Å². The van der Waals surface area contributed by atoms with Crippen LogP contribution in [0.25, 0.3) is 27.6 Å². The van der Waals surface area contributed by atoms with Gasteiger partial charge in [-0.3, -0.25) is 9.36 Å². The van der Waals surface area contributed by atoms with Crippen LogP contribution in [0.5, 0.6) is 0 Å². The lowest BCUT2D eigenvalue weighted by Gasteiger charge is -2.19. The van der Waals surface area contributed by atoms with Crippen molar-refractivity contribution in [1.29, 1.82) is 0 Å². The lowest BCUT2D eigenvalue weighted by molar-refractivity contribution is 0.532. The minimum Gasteiger partial charge on any atom is -0.383 e. The van der Waals surface area contributed by atoms with Gasteiger partial charge in [-0.05, 0) is 38.1 Å². The van der Waals surface area contributed by atoms with Crippen LogP contribution in [-0.4, -0.2) is 29.3 Å². The number of nitrogens with two attached hydrogens (primary N) is 1. The van der Waals surface area contributed by atoms with Gasteiger partial charge in [0.1, 0.15) is 24.0 Å². The number of anilines is 1. The molecule has 2 aromatic carbocycles. The lowest BCUT2D eigenvalue weighted by Crippen LogP contribution is -2.27. The predicted molar refractivity (Wildman–Crippen MR) is 116 cm³/mol. The molecule has 5 rings (SSSR count). The molecule has 0 saturated carbocycles. The van der Waals surface area contributed by atoms with E-state index in [0.717, 1.165) is 11.4 Å². The van der Waals surface area contributed by atoms with Crippen LogP contribution < -0.4 is 11.3 Å². The van der Waals surface area contributed by atoms with Gasteiger partial charge in [0, 0.05) is 0 Å². The molecule has 0 fully saturated rings. The maximum absolute atomic E-state index is 13.5. The van der Waals surface area contributed by atoms with Gasteiger partial charge in [-0.25, -0.2) is 19.6 Å². The Morgan fingerprint density at radius 1 is 1.00 bits per heavy atom. The van der Waals surface area contributed by atoms with E-state index >= 15 is 0 Å². The smallest absolute Gasteiger partial charge is 0.266 e. The van der Waals surface area contributed by atoms with Gasteiger partial charge in [0.25, 0.3) is 5.56 Å². The number of hydrogen-bond donors (Lipinski definition) is 1. The molecule has 0 aliphatic heterocycles. The fourth-order valence-corrected chi connectivity index (χ4v) is 3.81. The van der Waals surface area contributed by atoms with Gasteiger partial charge in [-0.2, -0.15) is 5.10 Å². The van der Waals surface area contributed by atoms with E-state index in [-0.39, 0.29) is 11.6 Å². The SMILES string of the molecule is Cc1nn(C(C)c2nc3ccccc3c(=O)n2-c2ccccc2)c2ncnc(N)c12. The van der Waals surface area contributed by atoms with Crippen LogP contribution in [0.4, 0.5) is 5.82 Å². The fraction of sp³-hybridized carbons (Fsp3) is 0.136. The standard InChI is InChI=1S/C22H19N7O/c1-13-18-19(23)24-12-25-21(18)29(27-13)14(2)20-26-17-11-7-6-10-16(17)22(30)28(20)15-8-4-3-5-9-15/h3-12,14H,1-2H3,(H2,23,24,25). The largest absolute Gasteiger partial charge is 0.383 e. The molecule has 30 heavy (non-hydrogen) atoms. The highest BCUT2D eigenvalue weighted by molar-refractivity contribution is 5.88. The fourth-order valence-electron chi connectivity index (χ4n) is 3.81. The monoisotopic (exact) mass is 397 g/mol. The van der Waals surface area contributed by atoms with Crippen molar-refractivity contribution in [3.05, 3.63) is 82.8 Å². The van der Waals surface area contributed by atoms with Crippen LogP contribution in [0.1, 0.15) is 24.5 Å². The number of hydrogen-bond acceptors (Lipinski definition) is 6. The normalized spacial score (nSPS) is 12.5. The Labute approximate surface area is 171 Å². The summed E-state index contributed by atoms with van der Waals surface area (Å²) in [6, 6.07) is 16.4. The van der Waals surface area contributed by atoms with E-state index in [4.69, 9.17) is 10.7 Å². The number of aryl methyl sites for hydroxylation is 1. The maximum Gasteiger partial charge on any atom is 0.266 e. The van der Waals surface area contributed by atoms with Crippen LogP contribution in [0.15, 0.2) is 65.7 Å². The third-order valence-electron chi connectivity index (χ3n) is 5.25. The molecule has 1 atom stereocenters. The van der Waals surface area contributed by atoms with Gasteiger partial charge in [-0.1, -0.05) is 30.3 Å². The number of aromatic nitrogens is 6. The molecule has 0 aliphatic rings. The van der Waals surface area contributed by atoms with Crippen molar-refractivity contribution in [2.24, 2.45) is 0 Å². The average molecular weight is 397 g/mol. The summed E-state index contributed by atoms with van der Waals surface area (Å²) in [7, 11) is 0. The Kier molecular flexibility index (Phi) is 4.06. The summed E-state index contributed by atoms with van der Waals surface area (Å²) in [4.78, 5) is 26.8. The lowest BCUT2D eigenvalue weighted by atomic mass is 10.2. The number of nitrogen functional groups attached to an aromatic ring is 1. The van der Waals surface area contributed by atoms with Crippen molar-refractivity contribution < 1.29 is 0 Å². The first-order valence-electron chi connectivity index (χ1n) is 9.58. The first kappa shape index (κ1) is 18.0. The zero-order chi connectivity index (χ0) is 20.8. The van der Waals surface area contributed by atoms with Crippen molar-refractivity contribution in [1.82, 2.24) is 29.3 Å². The highest BCUT2D eigenvalue weighted by Gasteiger charge is 2.23. The molecule has 0 spiro atoms. The van der Waals surface area contributed by atoms with Crippen LogP contribution in [0, 0.1) is 6.92 Å². The van der Waals surface area contributed by atoms with E-state index in [0.29, 0.717) is 33.6 Å². The molecule has 2 N–H and O–H groups in total. The number of rotatable bonds is 3. The van der Waals surface area contributed by atoms with Gasteiger partial charge in [0.15, 0.2) is 5.65 Å². The molecule has 5 aromatic rings. The molecule has 0 saturated heterocycles. The summed E-state index contributed by atoms with van der Waals surface area (Å²) in [5.41, 5.74) is 8.64. The predicted octanol–water partition coefficient (Wildman–Crippen LogP) is 3.03. The summed E-state index contributed by atoms with van der Waals surface area (Å²) in [5, 5.41) is 5.92. The van der Waals surface area contributed by atoms with Crippen molar-refractivity contribution >= 4 is 27.8 Å². The zero-order valence-electron chi connectivity index (χ0n) is 16.5. The molecule has 0 bridgehead atoms. The number of benzene rings is 2. The maximum atomic E-state index is 13.5. The Hall–Kier alpha value is -4.07. The summed E-state index contributed by atoms with van der Waals surface area (Å²) in [6.45, 7) is 3.81. The van der Waals surface area contributed by atoms with Gasteiger partial charge in [0.05, 0.1) is 27.7 Å². The summed E-state index contributed by atoms with van der Waals surface area (Å²) >= 11 is 0. The highest BCUT2D eigenvalue weighted by Crippen LogP contribution is 2.27. The van der Waals surface area contributed by atoms with Gasteiger partial charge in [0.2, 0.25) is 0 Å². The highest BCUT2D eigenvalue weighted by atomic mass is 16.1.